The van der Waals surface area contributed by atoms with E-state index in [0.717, 1.165) is 12.5 Å². The van der Waals surface area contributed by atoms with E-state index in [-0.39, 0.29) is 0 Å². The van der Waals surface area contributed by atoms with Crippen molar-refractivity contribution < 1.29 is 0 Å². The molecule has 1 atom stereocenters. The van der Waals surface area contributed by atoms with Gasteiger partial charge in [0.05, 0.1) is 0 Å². The van der Waals surface area contributed by atoms with Crippen molar-refractivity contribution in [3.8, 4) is 0 Å². The van der Waals surface area contributed by atoms with Crippen LogP contribution in [0.25, 0.3) is 0 Å². The van der Waals surface area contributed by atoms with Crippen LogP contribution in [0.1, 0.15) is 57.2 Å². The Morgan fingerprint density at radius 1 is 1.24 bits per heavy atom. The molecule has 1 aromatic carbocycles. The molecular weight excluding hydrogens is 256 g/mol. The Labute approximate surface area is 130 Å². The number of rotatable bonds is 9. The van der Waals surface area contributed by atoms with Crippen molar-refractivity contribution in [3.63, 3.8) is 0 Å². The van der Waals surface area contributed by atoms with Crippen molar-refractivity contribution in [2.24, 2.45) is 5.92 Å². The maximum atomic E-state index is 3.68. The molecule has 1 aromatic rings. The van der Waals surface area contributed by atoms with Crippen molar-refractivity contribution in [2.75, 3.05) is 19.6 Å². The van der Waals surface area contributed by atoms with Crippen LogP contribution in [0.4, 0.5) is 0 Å². The van der Waals surface area contributed by atoms with Crippen molar-refractivity contribution in [2.45, 2.75) is 59.0 Å². The highest BCUT2D eigenvalue weighted by molar-refractivity contribution is 5.28. The van der Waals surface area contributed by atoms with Crippen LogP contribution in [0.3, 0.4) is 0 Å². The number of nitrogens with one attached hydrogen (secondary N) is 1. The van der Waals surface area contributed by atoms with Crippen molar-refractivity contribution in [1.82, 2.24) is 10.2 Å². The summed E-state index contributed by atoms with van der Waals surface area (Å²) in [5.74, 6) is 0.975. The van der Waals surface area contributed by atoms with Crippen LogP contribution < -0.4 is 5.32 Å². The molecule has 0 heterocycles. The van der Waals surface area contributed by atoms with Gasteiger partial charge in [-0.2, -0.15) is 0 Å². The average Bonchev–Trinajstić information content (AvgIpc) is 3.26. The fraction of sp³-hybridized carbons (Fsp3) is 0.684. The van der Waals surface area contributed by atoms with Crippen LogP contribution in [-0.2, 0) is 0 Å². The van der Waals surface area contributed by atoms with Crippen molar-refractivity contribution >= 4 is 0 Å². The zero-order chi connectivity index (χ0) is 15.2. The third kappa shape index (κ3) is 5.12. The summed E-state index contributed by atoms with van der Waals surface area (Å²) < 4.78 is 0. The van der Waals surface area contributed by atoms with E-state index in [2.05, 4.69) is 62.2 Å². The van der Waals surface area contributed by atoms with Gasteiger partial charge in [-0.25, -0.2) is 0 Å². The highest BCUT2D eigenvalue weighted by atomic mass is 15.2. The summed E-state index contributed by atoms with van der Waals surface area (Å²) >= 11 is 0. The maximum Gasteiger partial charge on any atom is 0.0334 e. The molecular formula is C19H32N2. The average molecular weight is 288 g/mol. The molecule has 0 aromatic heterocycles. The van der Waals surface area contributed by atoms with Gasteiger partial charge in [-0.05, 0) is 63.6 Å². The van der Waals surface area contributed by atoms with E-state index in [9.17, 15) is 0 Å². The van der Waals surface area contributed by atoms with Gasteiger partial charge in [-0.1, -0.05) is 31.2 Å². The smallest absolute Gasteiger partial charge is 0.0334 e. The summed E-state index contributed by atoms with van der Waals surface area (Å²) in [5.41, 5.74) is 2.87. The normalized spacial score (nSPS) is 16.7. The lowest BCUT2D eigenvalue weighted by Gasteiger charge is -2.29. The van der Waals surface area contributed by atoms with E-state index in [1.165, 1.54) is 43.5 Å². The second-order valence-electron chi connectivity index (χ2n) is 6.79. The van der Waals surface area contributed by atoms with E-state index >= 15 is 0 Å². The van der Waals surface area contributed by atoms with E-state index in [1.807, 2.05) is 0 Å². The maximum absolute atomic E-state index is 3.68. The minimum absolute atomic E-state index is 0.483. The number of hydrogen-bond acceptors (Lipinski definition) is 2. The summed E-state index contributed by atoms with van der Waals surface area (Å²) in [6.45, 7) is 12.6. The molecule has 0 saturated heterocycles. The van der Waals surface area contributed by atoms with Gasteiger partial charge in [0.25, 0.3) is 0 Å². The summed E-state index contributed by atoms with van der Waals surface area (Å²) in [5, 5.41) is 3.68. The molecule has 21 heavy (non-hydrogen) atoms. The number of aryl methyl sites for hydroxylation is 1. The van der Waals surface area contributed by atoms with Crippen molar-refractivity contribution in [1.29, 1.82) is 0 Å². The highest BCUT2D eigenvalue weighted by Gasteiger charge is 2.26. The Morgan fingerprint density at radius 3 is 2.52 bits per heavy atom. The molecule has 1 fully saturated rings. The Kier molecular flexibility index (Phi) is 6.25. The molecule has 1 saturated carbocycles. The SMILES string of the molecule is CCNC(CCN(CC1CC1)C(C)C)c1ccccc1C. The minimum Gasteiger partial charge on any atom is -0.310 e. The van der Waals surface area contributed by atoms with Crippen LogP contribution in [-0.4, -0.2) is 30.6 Å². The van der Waals surface area contributed by atoms with Gasteiger partial charge in [0.2, 0.25) is 0 Å². The fourth-order valence-corrected chi connectivity index (χ4v) is 3.08. The van der Waals surface area contributed by atoms with Gasteiger partial charge < -0.3 is 10.2 Å². The van der Waals surface area contributed by atoms with Gasteiger partial charge in [0.15, 0.2) is 0 Å². The number of nitrogens with zero attached hydrogens (tertiary/aromatic N) is 1. The Balaban J connectivity index is 1.96. The molecule has 0 bridgehead atoms. The molecule has 0 radical (unpaired) electrons. The predicted octanol–water partition coefficient (Wildman–Crippen LogP) is 4.16. The number of benzene rings is 1. The summed E-state index contributed by atoms with van der Waals surface area (Å²) in [6, 6.07) is 9.95. The Bertz CT molecular complexity index is 423. The molecule has 118 valence electrons. The second kappa shape index (κ2) is 7.95. The molecule has 2 heteroatoms. The molecule has 0 spiro atoms. The minimum atomic E-state index is 0.483. The van der Waals surface area contributed by atoms with Crippen LogP contribution in [0.2, 0.25) is 0 Å². The first kappa shape index (κ1) is 16.5. The summed E-state index contributed by atoms with van der Waals surface area (Å²) in [4.78, 5) is 2.67. The standard InChI is InChI=1S/C19H32N2/c1-5-20-19(18-9-7-6-8-16(18)4)12-13-21(15(2)3)14-17-10-11-17/h6-9,15,17,19-20H,5,10-14H2,1-4H3. The Morgan fingerprint density at radius 2 is 1.95 bits per heavy atom. The zero-order valence-electron chi connectivity index (χ0n) is 14.2. The van der Waals surface area contributed by atoms with E-state index in [0.29, 0.717) is 12.1 Å². The molecule has 0 amide bonds. The lowest BCUT2D eigenvalue weighted by molar-refractivity contribution is 0.201. The fourth-order valence-electron chi connectivity index (χ4n) is 3.08. The van der Waals surface area contributed by atoms with Crippen LogP contribution >= 0.6 is 0 Å². The first-order valence-corrected chi connectivity index (χ1v) is 8.64. The first-order chi connectivity index (χ1) is 10.1. The van der Waals surface area contributed by atoms with Gasteiger partial charge in [-0.3, -0.25) is 0 Å². The molecule has 0 aliphatic heterocycles. The van der Waals surface area contributed by atoms with Gasteiger partial charge in [0.1, 0.15) is 0 Å². The zero-order valence-corrected chi connectivity index (χ0v) is 14.2. The molecule has 2 rings (SSSR count). The summed E-state index contributed by atoms with van der Waals surface area (Å²) in [7, 11) is 0. The second-order valence-corrected chi connectivity index (χ2v) is 6.79. The predicted molar refractivity (Wildman–Crippen MR) is 91.6 cm³/mol. The van der Waals surface area contributed by atoms with Crippen molar-refractivity contribution in [3.05, 3.63) is 35.4 Å². The van der Waals surface area contributed by atoms with E-state index in [4.69, 9.17) is 0 Å². The lowest BCUT2D eigenvalue weighted by Crippen LogP contribution is -2.36. The van der Waals surface area contributed by atoms with Crippen LogP contribution in [0.15, 0.2) is 24.3 Å². The molecule has 1 aliphatic rings. The van der Waals surface area contributed by atoms with Gasteiger partial charge in [-0.15, -0.1) is 0 Å². The molecule has 1 unspecified atom stereocenters. The quantitative estimate of drug-likeness (QED) is 0.734. The monoisotopic (exact) mass is 288 g/mol. The van der Waals surface area contributed by atoms with E-state index < -0.39 is 0 Å². The third-order valence-electron chi connectivity index (χ3n) is 4.64. The first-order valence-electron chi connectivity index (χ1n) is 8.64. The number of hydrogen-bond donors (Lipinski definition) is 1. The molecule has 1 N–H and O–H groups in total. The molecule has 2 nitrogen and oxygen atoms in total. The highest BCUT2D eigenvalue weighted by Crippen LogP contribution is 2.31. The van der Waals surface area contributed by atoms with Gasteiger partial charge in [0, 0.05) is 25.2 Å². The topological polar surface area (TPSA) is 15.3 Å². The summed E-state index contributed by atoms with van der Waals surface area (Å²) in [6.07, 6.45) is 4.08. The Hall–Kier alpha value is -0.860. The van der Waals surface area contributed by atoms with E-state index in [1.54, 1.807) is 0 Å². The lowest BCUT2D eigenvalue weighted by atomic mass is 9.98. The van der Waals surface area contributed by atoms with Crippen LogP contribution in [0, 0.1) is 12.8 Å². The third-order valence-corrected chi connectivity index (χ3v) is 4.64. The van der Waals surface area contributed by atoms with Crippen LogP contribution in [0.5, 0.6) is 0 Å². The van der Waals surface area contributed by atoms with Gasteiger partial charge >= 0.3 is 0 Å². The molecule has 1 aliphatic carbocycles. The largest absolute Gasteiger partial charge is 0.310 e.